The van der Waals surface area contributed by atoms with Crippen molar-refractivity contribution in [3.05, 3.63) is 40.6 Å². The molecule has 138 valence electrons. The van der Waals surface area contributed by atoms with Gasteiger partial charge in [0.15, 0.2) is 0 Å². The van der Waals surface area contributed by atoms with E-state index < -0.39 is 0 Å². The van der Waals surface area contributed by atoms with Gasteiger partial charge in [0.25, 0.3) is 0 Å². The van der Waals surface area contributed by atoms with E-state index in [9.17, 15) is 0 Å². The van der Waals surface area contributed by atoms with Crippen molar-refractivity contribution < 1.29 is 0 Å². The van der Waals surface area contributed by atoms with Crippen molar-refractivity contribution in [3.63, 3.8) is 0 Å². The largest absolute Gasteiger partial charge is 0.360 e. The molecule has 3 heterocycles. The van der Waals surface area contributed by atoms with Gasteiger partial charge >= 0.3 is 0 Å². The number of hydrogen-bond donors (Lipinski definition) is 3. The van der Waals surface area contributed by atoms with Gasteiger partial charge in [-0.25, -0.2) is 9.97 Å². The second-order valence-corrected chi connectivity index (χ2v) is 8.46. The molecule has 0 spiro atoms. The number of halogens is 1. The number of aromatic amines is 1. The van der Waals surface area contributed by atoms with Crippen LogP contribution >= 0.6 is 15.9 Å². The fourth-order valence-electron chi connectivity index (χ4n) is 3.45. The summed E-state index contributed by atoms with van der Waals surface area (Å²) in [6, 6.07) is 8.11. The van der Waals surface area contributed by atoms with Gasteiger partial charge in [-0.1, -0.05) is 6.07 Å². The van der Waals surface area contributed by atoms with Gasteiger partial charge in [-0.05, 0) is 54.8 Å². The second kappa shape index (κ2) is 6.95. The zero-order chi connectivity index (χ0) is 19.0. The Labute approximate surface area is 166 Å². The van der Waals surface area contributed by atoms with E-state index >= 15 is 0 Å². The summed E-state index contributed by atoms with van der Waals surface area (Å²) in [5, 5.41) is 17.1. The minimum Gasteiger partial charge on any atom is -0.360 e. The minimum atomic E-state index is 0.191. The van der Waals surface area contributed by atoms with E-state index in [1.807, 2.05) is 24.4 Å². The first kappa shape index (κ1) is 18.0. The van der Waals surface area contributed by atoms with Crippen LogP contribution in [0, 0.1) is 11.3 Å². The SMILES string of the molecule is CC1(C)CCC(Nc2ncc(Br)c(-c3c[nH]c4cc(C#N)ccc34)n2)CN1. The van der Waals surface area contributed by atoms with Crippen LogP contribution in [0.1, 0.15) is 32.3 Å². The molecule has 3 N–H and O–H groups in total. The van der Waals surface area contributed by atoms with Crippen LogP contribution < -0.4 is 10.6 Å². The van der Waals surface area contributed by atoms with E-state index in [2.05, 4.69) is 56.4 Å². The third-order valence-electron chi connectivity index (χ3n) is 5.09. The number of nitrogens with one attached hydrogen (secondary N) is 3. The van der Waals surface area contributed by atoms with Crippen LogP contribution in [-0.2, 0) is 0 Å². The number of piperidine rings is 1. The molecule has 1 aliphatic heterocycles. The maximum Gasteiger partial charge on any atom is 0.223 e. The van der Waals surface area contributed by atoms with Crippen LogP contribution in [-0.4, -0.2) is 33.1 Å². The van der Waals surface area contributed by atoms with E-state index in [4.69, 9.17) is 10.2 Å². The summed E-state index contributed by atoms with van der Waals surface area (Å²) in [6.45, 7) is 5.35. The van der Waals surface area contributed by atoms with Crippen LogP contribution in [0.5, 0.6) is 0 Å². The van der Waals surface area contributed by atoms with E-state index in [1.165, 1.54) is 0 Å². The highest BCUT2D eigenvalue weighted by molar-refractivity contribution is 9.10. The average molecular weight is 425 g/mol. The van der Waals surface area contributed by atoms with Crippen molar-refractivity contribution >= 4 is 32.8 Å². The zero-order valence-electron chi connectivity index (χ0n) is 15.3. The molecular formula is C20H21BrN6. The lowest BCUT2D eigenvalue weighted by atomic mass is 9.91. The highest BCUT2D eigenvalue weighted by atomic mass is 79.9. The topological polar surface area (TPSA) is 89.4 Å². The van der Waals surface area contributed by atoms with Crippen molar-refractivity contribution in [1.29, 1.82) is 5.26 Å². The summed E-state index contributed by atoms with van der Waals surface area (Å²) in [5.74, 6) is 0.628. The number of H-pyrrole nitrogens is 1. The quantitative estimate of drug-likeness (QED) is 0.585. The third kappa shape index (κ3) is 3.68. The molecule has 1 saturated heterocycles. The molecular weight excluding hydrogens is 404 g/mol. The molecule has 2 aromatic heterocycles. The van der Waals surface area contributed by atoms with Crippen molar-refractivity contribution in [2.45, 2.75) is 38.3 Å². The Morgan fingerprint density at radius 3 is 2.96 bits per heavy atom. The molecule has 6 nitrogen and oxygen atoms in total. The Morgan fingerprint density at radius 1 is 1.37 bits per heavy atom. The van der Waals surface area contributed by atoms with E-state index in [1.54, 1.807) is 6.20 Å². The lowest BCUT2D eigenvalue weighted by Gasteiger charge is -2.36. The summed E-state index contributed by atoms with van der Waals surface area (Å²) in [5.41, 5.74) is 3.55. The van der Waals surface area contributed by atoms with Crippen LogP contribution in [0.4, 0.5) is 5.95 Å². The lowest BCUT2D eigenvalue weighted by Crippen LogP contribution is -2.50. The molecule has 1 fully saturated rings. The highest BCUT2D eigenvalue weighted by Gasteiger charge is 2.26. The molecule has 1 unspecified atom stereocenters. The number of fused-ring (bicyclic) bond motifs is 1. The number of rotatable bonds is 3. The van der Waals surface area contributed by atoms with Crippen LogP contribution in [0.25, 0.3) is 22.2 Å². The van der Waals surface area contributed by atoms with E-state index in [-0.39, 0.29) is 5.54 Å². The molecule has 0 amide bonds. The average Bonchev–Trinajstić information content (AvgIpc) is 3.08. The summed E-state index contributed by atoms with van der Waals surface area (Å²) < 4.78 is 0.834. The van der Waals surface area contributed by atoms with Gasteiger partial charge in [-0.15, -0.1) is 0 Å². The Kier molecular flexibility index (Phi) is 4.62. The Balaban J connectivity index is 1.63. The Hall–Kier alpha value is -2.43. The standard InChI is InChI=1S/C20H21BrN6/c1-20(2)6-5-13(9-25-20)26-19-24-11-16(21)18(27-19)15-10-23-17-7-12(8-22)3-4-14(15)17/h3-4,7,10-11,13,23,25H,5-6,9H2,1-2H3,(H,24,26,27). The van der Waals surface area contributed by atoms with Gasteiger partial charge in [0, 0.05) is 47.0 Å². The molecule has 7 heteroatoms. The second-order valence-electron chi connectivity index (χ2n) is 7.61. The Bertz CT molecular complexity index is 1020. The zero-order valence-corrected chi connectivity index (χ0v) is 16.9. The first-order valence-electron chi connectivity index (χ1n) is 9.01. The van der Waals surface area contributed by atoms with Gasteiger partial charge < -0.3 is 15.6 Å². The monoisotopic (exact) mass is 424 g/mol. The van der Waals surface area contributed by atoms with Crippen molar-refractivity contribution in [3.8, 4) is 17.3 Å². The first-order chi connectivity index (χ1) is 12.9. The third-order valence-corrected chi connectivity index (χ3v) is 5.67. The summed E-state index contributed by atoms with van der Waals surface area (Å²) in [4.78, 5) is 12.4. The number of aromatic nitrogens is 3. The van der Waals surface area contributed by atoms with E-state index in [0.717, 1.165) is 46.0 Å². The van der Waals surface area contributed by atoms with Crippen molar-refractivity contribution in [2.75, 3.05) is 11.9 Å². The van der Waals surface area contributed by atoms with Gasteiger partial charge in [0.2, 0.25) is 5.95 Å². The molecule has 0 radical (unpaired) electrons. The number of nitrogens with zero attached hydrogens (tertiary/aromatic N) is 3. The molecule has 4 rings (SSSR count). The fraction of sp³-hybridized carbons (Fsp3) is 0.350. The van der Waals surface area contributed by atoms with Crippen LogP contribution in [0.2, 0.25) is 0 Å². The number of anilines is 1. The normalized spacial score (nSPS) is 19.0. The lowest BCUT2D eigenvalue weighted by molar-refractivity contribution is 0.289. The minimum absolute atomic E-state index is 0.191. The molecule has 1 aliphatic rings. The predicted octanol–water partition coefficient (Wildman–Crippen LogP) is 4.20. The summed E-state index contributed by atoms with van der Waals surface area (Å²) >= 11 is 3.57. The molecule has 27 heavy (non-hydrogen) atoms. The van der Waals surface area contributed by atoms with Gasteiger partial charge in [-0.2, -0.15) is 5.26 Å². The molecule has 0 bridgehead atoms. The molecule has 1 atom stereocenters. The summed E-state index contributed by atoms with van der Waals surface area (Å²) in [7, 11) is 0. The maximum atomic E-state index is 9.08. The van der Waals surface area contributed by atoms with Crippen molar-refractivity contribution in [1.82, 2.24) is 20.3 Å². The molecule has 1 aromatic carbocycles. The first-order valence-corrected chi connectivity index (χ1v) is 9.80. The highest BCUT2D eigenvalue weighted by Crippen LogP contribution is 2.33. The predicted molar refractivity (Wildman–Crippen MR) is 110 cm³/mol. The van der Waals surface area contributed by atoms with Crippen LogP contribution in [0.3, 0.4) is 0 Å². The smallest absolute Gasteiger partial charge is 0.223 e. The molecule has 0 aliphatic carbocycles. The molecule has 3 aromatic rings. The number of hydrogen-bond acceptors (Lipinski definition) is 5. The summed E-state index contributed by atoms with van der Waals surface area (Å²) in [6.07, 6.45) is 5.90. The number of nitriles is 1. The maximum absolute atomic E-state index is 9.08. The fourth-order valence-corrected chi connectivity index (χ4v) is 3.85. The van der Waals surface area contributed by atoms with Gasteiger partial charge in [0.1, 0.15) is 0 Å². The van der Waals surface area contributed by atoms with Crippen LogP contribution in [0.15, 0.2) is 35.1 Å². The molecule has 0 saturated carbocycles. The Morgan fingerprint density at radius 2 is 2.22 bits per heavy atom. The van der Waals surface area contributed by atoms with Gasteiger partial charge in [-0.3, -0.25) is 0 Å². The number of benzene rings is 1. The van der Waals surface area contributed by atoms with Crippen molar-refractivity contribution in [2.24, 2.45) is 0 Å². The van der Waals surface area contributed by atoms with Gasteiger partial charge in [0.05, 0.1) is 21.8 Å². The van der Waals surface area contributed by atoms with E-state index in [0.29, 0.717) is 17.6 Å².